The van der Waals surface area contributed by atoms with Gasteiger partial charge in [0.05, 0.1) is 18.4 Å². The molecule has 0 atom stereocenters. The number of thioether (sulfide) groups is 1. The topological polar surface area (TPSA) is 93.2 Å². The fraction of sp³-hybridized carbons (Fsp3) is 0.182. The second-order valence-electron chi connectivity index (χ2n) is 6.50. The van der Waals surface area contributed by atoms with Crippen LogP contribution in [0.2, 0.25) is 0 Å². The highest BCUT2D eigenvalue weighted by molar-refractivity contribution is 7.99. The zero-order valence-corrected chi connectivity index (χ0v) is 17.5. The van der Waals surface area contributed by atoms with Crippen LogP contribution in [0.5, 0.6) is 0 Å². The molecule has 3 aromatic rings. The van der Waals surface area contributed by atoms with Crippen molar-refractivity contribution < 1.29 is 14.3 Å². The standard InChI is InChI=1S/C22H22N4O3S/c1-15-3-5-16(6-4-15)13-23-19-11-12-21(26-25-19)30-14-20(27)24-18-9-7-17(8-10-18)22(28)29-2/h3-12H,13-14H2,1-2H3,(H,23,25)(H,24,27). The molecule has 0 spiro atoms. The molecule has 0 radical (unpaired) electrons. The minimum absolute atomic E-state index is 0.172. The number of ether oxygens (including phenoxy) is 1. The Morgan fingerprint density at radius 2 is 1.70 bits per heavy atom. The van der Waals surface area contributed by atoms with E-state index in [1.165, 1.54) is 24.4 Å². The van der Waals surface area contributed by atoms with E-state index < -0.39 is 5.97 Å². The van der Waals surface area contributed by atoms with Crippen LogP contribution in [0.25, 0.3) is 0 Å². The Balaban J connectivity index is 1.44. The molecule has 0 bridgehead atoms. The number of esters is 1. The van der Waals surface area contributed by atoms with Gasteiger partial charge in [0.15, 0.2) is 0 Å². The number of methoxy groups -OCH3 is 1. The van der Waals surface area contributed by atoms with E-state index in [0.29, 0.717) is 28.6 Å². The number of hydrogen-bond acceptors (Lipinski definition) is 7. The molecule has 2 N–H and O–H groups in total. The van der Waals surface area contributed by atoms with Gasteiger partial charge in [-0.25, -0.2) is 4.79 Å². The van der Waals surface area contributed by atoms with E-state index in [0.717, 1.165) is 5.56 Å². The van der Waals surface area contributed by atoms with Crippen LogP contribution in [-0.2, 0) is 16.1 Å². The van der Waals surface area contributed by atoms with Gasteiger partial charge in [-0.2, -0.15) is 0 Å². The summed E-state index contributed by atoms with van der Waals surface area (Å²) in [4.78, 5) is 23.6. The lowest BCUT2D eigenvalue weighted by molar-refractivity contribution is -0.113. The summed E-state index contributed by atoms with van der Waals surface area (Å²) >= 11 is 1.30. The third kappa shape index (κ3) is 6.31. The monoisotopic (exact) mass is 422 g/mol. The molecule has 30 heavy (non-hydrogen) atoms. The molecule has 0 saturated carbocycles. The van der Waals surface area contributed by atoms with E-state index in [1.54, 1.807) is 24.3 Å². The minimum Gasteiger partial charge on any atom is -0.465 e. The molecule has 0 fully saturated rings. The van der Waals surface area contributed by atoms with Crippen molar-refractivity contribution in [3.8, 4) is 0 Å². The minimum atomic E-state index is -0.418. The summed E-state index contributed by atoms with van der Waals surface area (Å²) in [6, 6.07) is 18.5. The Hall–Kier alpha value is -3.39. The van der Waals surface area contributed by atoms with Gasteiger partial charge in [-0.05, 0) is 48.9 Å². The summed E-state index contributed by atoms with van der Waals surface area (Å²) in [7, 11) is 1.32. The zero-order chi connectivity index (χ0) is 21.3. The molecule has 0 unspecified atom stereocenters. The van der Waals surface area contributed by atoms with Crippen LogP contribution >= 0.6 is 11.8 Å². The number of amides is 1. The number of nitrogens with one attached hydrogen (secondary N) is 2. The second-order valence-corrected chi connectivity index (χ2v) is 7.50. The first-order valence-electron chi connectivity index (χ1n) is 9.27. The summed E-state index contributed by atoms with van der Waals surface area (Å²) in [5.41, 5.74) is 3.42. The van der Waals surface area contributed by atoms with Gasteiger partial charge in [0.25, 0.3) is 0 Å². The summed E-state index contributed by atoms with van der Waals surface area (Å²) in [5, 5.41) is 15.0. The molecular weight excluding hydrogens is 400 g/mol. The number of aryl methyl sites for hydroxylation is 1. The van der Waals surface area contributed by atoms with Crippen molar-refractivity contribution in [3.05, 3.63) is 77.4 Å². The van der Waals surface area contributed by atoms with Crippen molar-refractivity contribution in [3.63, 3.8) is 0 Å². The Kier molecular flexibility index (Phi) is 7.40. The van der Waals surface area contributed by atoms with Gasteiger partial charge >= 0.3 is 5.97 Å². The Labute approximate surface area is 179 Å². The van der Waals surface area contributed by atoms with Gasteiger partial charge in [0.2, 0.25) is 5.91 Å². The lowest BCUT2D eigenvalue weighted by atomic mass is 10.1. The summed E-state index contributed by atoms with van der Waals surface area (Å²) in [5.74, 6) is 0.284. The second kappa shape index (κ2) is 10.4. The van der Waals surface area contributed by atoms with Gasteiger partial charge in [0.1, 0.15) is 10.8 Å². The molecule has 154 valence electrons. The number of carbonyl (C=O) groups is 2. The average Bonchev–Trinajstić information content (AvgIpc) is 2.78. The number of rotatable bonds is 8. The van der Waals surface area contributed by atoms with Crippen molar-refractivity contribution in [2.45, 2.75) is 18.5 Å². The highest BCUT2D eigenvalue weighted by Crippen LogP contribution is 2.17. The van der Waals surface area contributed by atoms with Gasteiger partial charge < -0.3 is 15.4 Å². The van der Waals surface area contributed by atoms with Crippen LogP contribution in [-0.4, -0.2) is 34.9 Å². The van der Waals surface area contributed by atoms with E-state index in [1.807, 2.05) is 12.1 Å². The Morgan fingerprint density at radius 3 is 2.33 bits per heavy atom. The lowest BCUT2D eigenvalue weighted by Crippen LogP contribution is -2.14. The number of nitrogens with zero attached hydrogens (tertiary/aromatic N) is 2. The van der Waals surface area contributed by atoms with Crippen LogP contribution in [0.15, 0.2) is 65.7 Å². The largest absolute Gasteiger partial charge is 0.465 e. The molecule has 3 rings (SSSR count). The first-order chi connectivity index (χ1) is 14.5. The van der Waals surface area contributed by atoms with Crippen molar-refractivity contribution in [1.82, 2.24) is 10.2 Å². The molecule has 1 amide bonds. The van der Waals surface area contributed by atoms with Gasteiger partial charge in [-0.1, -0.05) is 41.6 Å². The smallest absolute Gasteiger partial charge is 0.337 e. The van der Waals surface area contributed by atoms with Crippen LogP contribution in [0.4, 0.5) is 11.5 Å². The fourth-order valence-electron chi connectivity index (χ4n) is 2.53. The SMILES string of the molecule is COC(=O)c1ccc(NC(=O)CSc2ccc(NCc3ccc(C)cc3)nn2)cc1. The normalized spacial score (nSPS) is 10.3. The van der Waals surface area contributed by atoms with Gasteiger partial charge in [-0.3, -0.25) is 4.79 Å². The lowest BCUT2D eigenvalue weighted by Gasteiger charge is -2.07. The summed E-state index contributed by atoms with van der Waals surface area (Å²) in [6.45, 7) is 2.72. The maximum atomic E-state index is 12.1. The van der Waals surface area contributed by atoms with Gasteiger partial charge in [-0.15, -0.1) is 10.2 Å². The van der Waals surface area contributed by atoms with E-state index in [4.69, 9.17) is 0 Å². The molecule has 0 aliphatic heterocycles. The van der Waals surface area contributed by atoms with Gasteiger partial charge in [0, 0.05) is 12.2 Å². The van der Waals surface area contributed by atoms with Crippen LogP contribution in [0.1, 0.15) is 21.5 Å². The van der Waals surface area contributed by atoms with Crippen molar-refractivity contribution in [1.29, 1.82) is 0 Å². The zero-order valence-electron chi connectivity index (χ0n) is 16.7. The molecule has 8 heteroatoms. The first-order valence-corrected chi connectivity index (χ1v) is 10.3. The predicted molar refractivity (Wildman–Crippen MR) is 118 cm³/mol. The summed E-state index contributed by atoms with van der Waals surface area (Å²) < 4.78 is 4.65. The molecule has 1 heterocycles. The number of hydrogen-bond donors (Lipinski definition) is 2. The molecule has 2 aromatic carbocycles. The summed E-state index contributed by atoms with van der Waals surface area (Å²) in [6.07, 6.45) is 0. The highest BCUT2D eigenvalue weighted by Gasteiger charge is 2.08. The third-order valence-corrected chi connectivity index (χ3v) is 5.10. The number of aromatic nitrogens is 2. The van der Waals surface area contributed by atoms with Crippen molar-refractivity contribution in [2.75, 3.05) is 23.5 Å². The number of carbonyl (C=O) groups excluding carboxylic acids is 2. The maximum absolute atomic E-state index is 12.1. The average molecular weight is 423 g/mol. The molecule has 0 saturated heterocycles. The van der Waals surface area contributed by atoms with Crippen LogP contribution in [0.3, 0.4) is 0 Å². The molecule has 0 aliphatic carbocycles. The van der Waals surface area contributed by atoms with Crippen LogP contribution < -0.4 is 10.6 Å². The highest BCUT2D eigenvalue weighted by atomic mass is 32.2. The van der Waals surface area contributed by atoms with E-state index in [2.05, 4.69) is 56.8 Å². The fourth-order valence-corrected chi connectivity index (χ4v) is 3.15. The first kappa shape index (κ1) is 21.3. The third-order valence-electron chi connectivity index (χ3n) is 4.18. The predicted octanol–water partition coefficient (Wildman–Crippen LogP) is 3.91. The molecular formula is C22H22N4O3S. The molecule has 7 nitrogen and oxygen atoms in total. The number of benzene rings is 2. The molecule has 0 aliphatic rings. The number of anilines is 2. The Morgan fingerprint density at radius 1 is 0.967 bits per heavy atom. The van der Waals surface area contributed by atoms with Crippen molar-refractivity contribution >= 4 is 35.1 Å². The quantitative estimate of drug-likeness (QED) is 0.420. The Bertz CT molecular complexity index is 990. The maximum Gasteiger partial charge on any atom is 0.337 e. The van der Waals surface area contributed by atoms with Crippen LogP contribution in [0, 0.1) is 6.92 Å². The van der Waals surface area contributed by atoms with E-state index in [9.17, 15) is 9.59 Å². The van der Waals surface area contributed by atoms with E-state index in [-0.39, 0.29) is 11.7 Å². The molecule has 1 aromatic heterocycles. The van der Waals surface area contributed by atoms with E-state index >= 15 is 0 Å². The van der Waals surface area contributed by atoms with Crippen molar-refractivity contribution in [2.24, 2.45) is 0 Å².